The average molecular weight is 237 g/mol. The minimum atomic E-state index is -0.554. The lowest BCUT2D eigenvalue weighted by molar-refractivity contribution is 0.0975. The molecule has 2 N–H and O–H groups in total. The Morgan fingerprint density at radius 2 is 1.72 bits per heavy atom. The van der Waals surface area contributed by atoms with Crippen molar-refractivity contribution in [2.24, 2.45) is 5.73 Å². The number of hydrogen-bond acceptors (Lipinski definition) is 2. The summed E-state index contributed by atoms with van der Waals surface area (Å²) in [5.74, 6) is 0.278. The second kappa shape index (κ2) is 4.04. The van der Waals surface area contributed by atoms with Crippen molar-refractivity contribution in [3.8, 4) is 11.3 Å². The maximum atomic E-state index is 11.0. The normalized spacial score (nSPS) is 10.7. The van der Waals surface area contributed by atoms with Crippen LogP contribution in [0, 0.1) is 0 Å². The first-order chi connectivity index (χ1) is 8.75. The molecule has 0 fully saturated rings. The number of hydrogen-bond donors (Lipinski definition) is 1. The summed E-state index contributed by atoms with van der Waals surface area (Å²) in [6.45, 7) is 0. The molecule has 3 heteroatoms. The first-order valence-corrected chi connectivity index (χ1v) is 5.63. The number of carbonyl (C=O) groups is 1. The van der Waals surface area contributed by atoms with E-state index in [0.29, 0.717) is 5.76 Å². The van der Waals surface area contributed by atoms with Crippen molar-refractivity contribution in [3.63, 3.8) is 0 Å². The van der Waals surface area contributed by atoms with Gasteiger partial charge in [0.15, 0.2) is 5.76 Å². The number of carbonyl (C=O) groups excluding carboxylic acids is 1. The molecule has 0 saturated carbocycles. The minimum absolute atomic E-state index is 0.179. The SMILES string of the molecule is NC(=O)c1ccc(-c2cccc3ccccc23)o1. The largest absolute Gasteiger partial charge is 0.451 e. The van der Waals surface area contributed by atoms with Gasteiger partial charge in [0, 0.05) is 5.56 Å². The van der Waals surface area contributed by atoms with Crippen molar-refractivity contribution in [2.75, 3.05) is 0 Å². The Labute approximate surface area is 104 Å². The first kappa shape index (κ1) is 10.6. The van der Waals surface area contributed by atoms with Gasteiger partial charge in [-0.3, -0.25) is 4.79 Å². The minimum Gasteiger partial charge on any atom is -0.451 e. The topological polar surface area (TPSA) is 56.2 Å². The summed E-state index contributed by atoms with van der Waals surface area (Å²) in [5, 5.41) is 2.22. The van der Waals surface area contributed by atoms with Crippen LogP contribution in [0.15, 0.2) is 59.0 Å². The highest BCUT2D eigenvalue weighted by molar-refractivity contribution is 5.96. The predicted molar refractivity (Wildman–Crippen MR) is 70.2 cm³/mol. The number of rotatable bonds is 2. The van der Waals surface area contributed by atoms with E-state index in [1.807, 2.05) is 42.5 Å². The molecule has 1 heterocycles. The third-order valence-electron chi connectivity index (χ3n) is 2.90. The lowest BCUT2D eigenvalue weighted by Gasteiger charge is -2.03. The van der Waals surface area contributed by atoms with E-state index in [4.69, 9.17) is 10.2 Å². The zero-order valence-corrected chi connectivity index (χ0v) is 9.59. The molecule has 3 nitrogen and oxygen atoms in total. The highest BCUT2D eigenvalue weighted by atomic mass is 16.3. The van der Waals surface area contributed by atoms with E-state index < -0.39 is 5.91 Å². The quantitative estimate of drug-likeness (QED) is 0.744. The van der Waals surface area contributed by atoms with Gasteiger partial charge in [-0.25, -0.2) is 0 Å². The van der Waals surface area contributed by atoms with Gasteiger partial charge in [-0.15, -0.1) is 0 Å². The van der Waals surface area contributed by atoms with Crippen molar-refractivity contribution in [1.29, 1.82) is 0 Å². The van der Waals surface area contributed by atoms with E-state index in [0.717, 1.165) is 16.3 Å². The van der Waals surface area contributed by atoms with E-state index in [-0.39, 0.29) is 5.76 Å². The van der Waals surface area contributed by atoms with Crippen LogP contribution in [0.2, 0.25) is 0 Å². The molecule has 0 atom stereocenters. The molecule has 0 unspecified atom stereocenters. The Morgan fingerprint density at radius 1 is 0.944 bits per heavy atom. The zero-order chi connectivity index (χ0) is 12.5. The van der Waals surface area contributed by atoms with Gasteiger partial charge in [-0.05, 0) is 22.9 Å². The van der Waals surface area contributed by atoms with Gasteiger partial charge in [0.05, 0.1) is 0 Å². The Hall–Kier alpha value is -2.55. The number of fused-ring (bicyclic) bond motifs is 1. The lowest BCUT2D eigenvalue weighted by atomic mass is 10.0. The van der Waals surface area contributed by atoms with Crippen LogP contribution in [0.25, 0.3) is 22.1 Å². The molecule has 0 radical (unpaired) electrons. The van der Waals surface area contributed by atoms with Crippen molar-refractivity contribution in [2.45, 2.75) is 0 Å². The van der Waals surface area contributed by atoms with Crippen LogP contribution >= 0.6 is 0 Å². The Kier molecular flexibility index (Phi) is 2.38. The Balaban J connectivity index is 2.21. The smallest absolute Gasteiger partial charge is 0.284 e. The van der Waals surface area contributed by atoms with Crippen LogP contribution in [0.1, 0.15) is 10.6 Å². The standard InChI is InChI=1S/C15H11NO2/c16-15(17)14-9-8-13(18-14)12-7-3-5-10-4-1-2-6-11(10)12/h1-9H,(H2,16,17). The van der Waals surface area contributed by atoms with Crippen LogP contribution in [-0.2, 0) is 0 Å². The first-order valence-electron chi connectivity index (χ1n) is 5.63. The molecule has 18 heavy (non-hydrogen) atoms. The molecule has 0 saturated heterocycles. The molecular formula is C15H11NO2. The number of primary amides is 1. The van der Waals surface area contributed by atoms with Crippen LogP contribution in [0.5, 0.6) is 0 Å². The van der Waals surface area contributed by atoms with Crippen molar-refractivity contribution >= 4 is 16.7 Å². The van der Waals surface area contributed by atoms with Crippen molar-refractivity contribution in [3.05, 3.63) is 60.4 Å². The molecule has 0 aliphatic heterocycles. The fourth-order valence-electron chi connectivity index (χ4n) is 2.06. The molecule has 1 aromatic heterocycles. The summed E-state index contributed by atoms with van der Waals surface area (Å²) in [7, 11) is 0. The van der Waals surface area contributed by atoms with Crippen LogP contribution < -0.4 is 5.73 Å². The number of furan rings is 1. The summed E-state index contributed by atoms with van der Waals surface area (Å²) >= 11 is 0. The summed E-state index contributed by atoms with van der Waals surface area (Å²) in [5.41, 5.74) is 6.14. The molecule has 0 bridgehead atoms. The van der Waals surface area contributed by atoms with Gasteiger partial charge < -0.3 is 10.2 Å². The summed E-state index contributed by atoms with van der Waals surface area (Å²) in [4.78, 5) is 11.0. The second-order valence-electron chi connectivity index (χ2n) is 4.05. The second-order valence-corrected chi connectivity index (χ2v) is 4.05. The highest BCUT2D eigenvalue weighted by Gasteiger charge is 2.10. The van der Waals surface area contributed by atoms with Gasteiger partial charge in [-0.2, -0.15) is 0 Å². The van der Waals surface area contributed by atoms with Crippen LogP contribution in [0.4, 0.5) is 0 Å². The van der Waals surface area contributed by atoms with Gasteiger partial charge in [-0.1, -0.05) is 42.5 Å². The maximum Gasteiger partial charge on any atom is 0.284 e. The molecule has 3 rings (SSSR count). The molecule has 88 valence electrons. The highest BCUT2D eigenvalue weighted by Crippen LogP contribution is 2.29. The molecule has 0 aliphatic carbocycles. The van der Waals surface area contributed by atoms with E-state index in [2.05, 4.69) is 0 Å². The number of nitrogens with two attached hydrogens (primary N) is 1. The van der Waals surface area contributed by atoms with Crippen LogP contribution in [0.3, 0.4) is 0 Å². The molecule has 2 aromatic carbocycles. The fraction of sp³-hybridized carbons (Fsp3) is 0. The van der Waals surface area contributed by atoms with Gasteiger partial charge in [0.1, 0.15) is 5.76 Å². The molecule has 0 aliphatic rings. The summed E-state index contributed by atoms with van der Waals surface area (Å²) < 4.78 is 5.46. The molecular weight excluding hydrogens is 226 g/mol. The summed E-state index contributed by atoms with van der Waals surface area (Å²) in [6, 6.07) is 17.4. The van der Waals surface area contributed by atoms with Gasteiger partial charge in [0.25, 0.3) is 5.91 Å². The number of benzene rings is 2. The monoisotopic (exact) mass is 237 g/mol. The van der Waals surface area contributed by atoms with E-state index >= 15 is 0 Å². The fourth-order valence-corrected chi connectivity index (χ4v) is 2.06. The van der Waals surface area contributed by atoms with Gasteiger partial charge >= 0.3 is 0 Å². The summed E-state index contributed by atoms with van der Waals surface area (Å²) in [6.07, 6.45) is 0. The van der Waals surface area contributed by atoms with Gasteiger partial charge in [0.2, 0.25) is 0 Å². The van der Waals surface area contributed by atoms with E-state index in [9.17, 15) is 4.79 Å². The van der Waals surface area contributed by atoms with Crippen LogP contribution in [-0.4, -0.2) is 5.91 Å². The Bertz CT molecular complexity index is 723. The average Bonchev–Trinajstić information content (AvgIpc) is 2.87. The molecule has 3 aromatic rings. The predicted octanol–water partition coefficient (Wildman–Crippen LogP) is 3.20. The zero-order valence-electron chi connectivity index (χ0n) is 9.59. The Morgan fingerprint density at radius 3 is 2.50 bits per heavy atom. The molecule has 0 spiro atoms. The van der Waals surface area contributed by atoms with E-state index in [1.54, 1.807) is 12.1 Å². The maximum absolute atomic E-state index is 11.0. The lowest BCUT2D eigenvalue weighted by Crippen LogP contribution is -2.09. The third-order valence-corrected chi connectivity index (χ3v) is 2.90. The number of amides is 1. The van der Waals surface area contributed by atoms with Crippen molar-refractivity contribution < 1.29 is 9.21 Å². The van der Waals surface area contributed by atoms with E-state index in [1.165, 1.54) is 0 Å². The third kappa shape index (κ3) is 1.66. The van der Waals surface area contributed by atoms with Crippen molar-refractivity contribution in [1.82, 2.24) is 0 Å². The molecule has 1 amide bonds.